The zero-order chi connectivity index (χ0) is 8.15. The molecule has 0 aliphatic carbocycles. The third kappa shape index (κ3) is 2.40. The van der Waals surface area contributed by atoms with Crippen LogP contribution in [0.15, 0.2) is 0 Å². The van der Waals surface area contributed by atoms with Crippen molar-refractivity contribution in [1.82, 2.24) is 0 Å². The molecule has 0 unspecified atom stereocenters. The van der Waals surface area contributed by atoms with Crippen molar-refractivity contribution in [2.45, 2.75) is 12.1 Å². The second kappa shape index (κ2) is 4.35. The summed E-state index contributed by atoms with van der Waals surface area (Å²) in [4.78, 5) is 10.5. The Morgan fingerprint density at radius 2 is 2.10 bits per heavy atom. The maximum atomic E-state index is 10.5. The highest BCUT2D eigenvalue weighted by molar-refractivity contribution is 5.85. The van der Waals surface area contributed by atoms with Gasteiger partial charge < -0.3 is 21.7 Å². The SMILES string of the molecule is NC[C@@H](O)[C@H](N)C(=O)CO. The topological polar surface area (TPSA) is 110 Å². The zero-order valence-corrected chi connectivity index (χ0v) is 5.53. The van der Waals surface area contributed by atoms with Gasteiger partial charge >= 0.3 is 0 Å². The number of nitrogens with two attached hydrogens (primary N) is 2. The summed E-state index contributed by atoms with van der Waals surface area (Å²) >= 11 is 0. The number of carbonyl (C=O) groups is 1. The first-order chi connectivity index (χ1) is 4.63. The number of hydrogen-bond donors (Lipinski definition) is 4. The van der Waals surface area contributed by atoms with Crippen molar-refractivity contribution in [2.24, 2.45) is 11.5 Å². The third-order valence-electron chi connectivity index (χ3n) is 1.18. The fraction of sp³-hybridized carbons (Fsp3) is 0.800. The van der Waals surface area contributed by atoms with E-state index < -0.39 is 24.5 Å². The van der Waals surface area contributed by atoms with Crippen molar-refractivity contribution >= 4 is 5.78 Å². The lowest BCUT2D eigenvalue weighted by molar-refractivity contribution is -0.125. The van der Waals surface area contributed by atoms with Crippen molar-refractivity contribution < 1.29 is 15.0 Å². The Bertz CT molecular complexity index is 117. The second-order valence-corrected chi connectivity index (χ2v) is 1.95. The number of aliphatic hydroxyl groups excluding tert-OH is 2. The summed E-state index contributed by atoms with van der Waals surface area (Å²) < 4.78 is 0. The van der Waals surface area contributed by atoms with Crippen molar-refractivity contribution in [2.75, 3.05) is 13.2 Å². The van der Waals surface area contributed by atoms with Gasteiger partial charge in [-0.1, -0.05) is 0 Å². The first-order valence-corrected chi connectivity index (χ1v) is 2.90. The molecule has 2 atom stereocenters. The van der Waals surface area contributed by atoms with Gasteiger partial charge in [-0.25, -0.2) is 0 Å². The van der Waals surface area contributed by atoms with E-state index in [1.54, 1.807) is 0 Å². The van der Waals surface area contributed by atoms with E-state index in [1.165, 1.54) is 0 Å². The summed E-state index contributed by atoms with van der Waals surface area (Å²) in [5.74, 6) is -0.599. The van der Waals surface area contributed by atoms with Gasteiger partial charge in [-0.15, -0.1) is 0 Å². The summed E-state index contributed by atoms with van der Waals surface area (Å²) in [6.45, 7) is -0.731. The minimum absolute atomic E-state index is 0.0765. The fourth-order valence-electron chi connectivity index (χ4n) is 0.467. The smallest absolute Gasteiger partial charge is 0.177 e. The molecule has 5 nitrogen and oxygen atoms in total. The van der Waals surface area contributed by atoms with Gasteiger partial charge in [-0.05, 0) is 0 Å². The van der Waals surface area contributed by atoms with Gasteiger partial charge in [0.05, 0.1) is 12.1 Å². The van der Waals surface area contributed by atoms with E-state index in [1.807, 2.05) is 0 Å². The molecular weight excluding hydrogens is 136 g/mol. The molecule has 0 radical (unpaired) electrons. The number of carbonyl (C=O) groups excluding carboxylic acids is 1. The van der Waals surface area contributed by atoms with Crippen LogP contribution in [-0.2, 0) is 4.79 Å². The molecule has 6 N–H and O–H groups in total. The summed E-state index contributed by atoms with van der Waals surface area (Å²) in [7, 11) is 0. The first kappa shape index (κ1) is 9.51. The van der Waals surface area contributed by atoms with Crippen LogP contribution >= 0.6 is 0 Å². The lowest BCUT2D eigenvalue weighted by Crippen LogP contribution is -2.46. The Balaban J connectivity index is 3.81. The molecule has 0 rings (SSSR count). The van der Waals surface area contributed by atoms with E-state index in [2.05, 4.69) is 0 Å². The van der Waals surface area contributed by atoms with Gasteiger partial charge in [0.25, 0.3) is 0 Å². The predicted octanol–water partition coefficient (Wildman–Crippen LogP) is -2.81. The van der Waals surface area contributed by atoms with E-state index >= 15 is 0 Å². The van der Waals surface area contributed by atoms with Crippen LogP contribution in [0.5, 0.6) is 0 Å². The minimum atomic E-state index is -1.06. The monoisotopic (exact) mass is 148 g/mol. The standard InChI is InChI=1S/C5H12N2O3/c6-1-3(9)5(7)4(10)2-8/h3,5,8-9H,1-2,6-7H2/t3-,5+/m1/s1. The lowest BCUT2D eigenvalue weighted by atomic mass is 10.1. The Hall–Kier alpha value is -0.490. The minimum Gasteiger partial charge on any atom is -0.390 e. The Kier molecular flexibility index (Phi) is 4.13. The van der Waals surface area contributed by atoms with Gasteiger partial charge in [0, 0.05) is 6.54 Å². The number of aliphatic hydroxyl groups is 2. The van der Waals surface area contributed by atoms with E-state index in [9.17, 15) is 4.79 Å². The molecular formula is C5H12N2O3. The van der Waals surface area contributed by atoms with Crippen molar-refractivity contribution in [1.29, 1.82) is 0 Å². The Morgan fingerprint density at radius 1 is 1.60 bits per heavy atom. The molecule has 0 amide bonds. The highest BCUT2D eigenvalue weighted by Gasteiger charge is 2.19. The molecule has 0 aliphatic rings. The lowest BCUT2D eigenvalue weighted by Gasteiger charge is -2.13. The maximum absolute atomic E-state index is 10.5. The van der Waals surface area contributed by atoms with Crippen LogP contribution in [0.4, 0.5) is 0 Å². The average Bonchev–Trinajstić information content (AvgIpc) is 2.00. The molecule has 0 aromatic heterocycles. The highest BCUT2D eigenvalue weighted by Crippen LogP contribution is 1.88. The molecule has 0 aliphatic heterocycles. The van der Waals surface area contributed by atoms with Crippen LogP contribution in [-0.4, -0.2) is 41.3 Å². The van der Waals surface area contributed by atoms with Gasteiger partial charge in [0.2, 0.25) is 0 Å². The third-order valence-corrected chi connectivity index (χ3v) is 1.18. The van der Waals surface area contributed by atoms with E-state index in [4.69, 9.17) is 21.7 Å². The molecule has 5 heteroatoms. The Morgan fingerprint density at radius 3 is 2.40 bits per heavy atom. The molecule has 0 fully saturated rings. The number of hydrogen-bond acceptors (Lipinski definition) is 5. The van der Waals surface area contributed by atoms with Crippen molar-refractivity contribution in [3.63, 3.8) is 0 Å². The summed E-state index contributed by atoms with van der Waals surface area (Å²) in [5, 5.41) is 17.1. The molecule has 0 saturated carbocycles. The van der Waals surface area contributed by atoms with Crippen LogP contribution in [0.3, 0.4) is 0 Å². The maximum Gasteiger partial charge on any atom is 0.177 e. The van der Waals surface area contributed by atoms with Crippen LogP contribution in [0.1, 0.15) is 0 Å². The van der Waals surface area contributed by atoms with Gasteiger partial charge in [0.1, 0.15) is 6.61 Å². The van der Waals surface area contributed by atoms with E-state index in [-0.39, 0.29) is 6.54 Å². The fourth-order valence-corrected chi connectivity index (χ4v) is 0.467. The van der Waals surface area contributed by atoms with Crippen molar-refractivity contribution in [3.8, 4) is 0 Å². The van der Waals surface area contributed by atoms with Gasteiger partial charge in [-0.3, -0.25) is 4.79 Å². The summed E-state index contributed by atoms with van der Waals surface area (Å²) in [5.41, 5.74) is 10.1. The van der Waals surface area contributed by atoms with Gasteiger partial charge in [-0.2, -0.15) is 0 Å². The van der Waals surface area contributed by atoms with Gasteiger partial charge in [0.15, 0.2) is 5.78 Å². The normalized spacial score (nSPS) is 16.4. The molecule has 0 bridgehead atoms. The van der Waals surface area contributed by atoms with Crippen LogP contribution in [0.25, 0.3) is 0 Å². The highest BCUT2D eigenvalue weighted by atomic mass is 16.3. The quantitative estimate of drug-likeness (QED) is 0.344. The van der Waals surface area contributed by atoms with Crippen LogP contribution < -0.4 is 11.5 Å². The Labute approximate surface area is 58.6 Å². The molecule has 10 heavy (non-hydrogen) atoms. The van der Waals surface area contributed by atoms with Crippen LogP contribution in [0.2, 0.25) is 0 Å². The largest absolute Gasteiger partial charge is 0.390 e. The molecule has 0 aromatic rings. The summed E-state index contributed by atoms with van der Waals surface area (Å²) in [6, 6.07) is -1.06. The molecule has 0 aromatic carbocycles. The molecule has 0 spiro atoms. The zero-order valence-electron chi connectivity index (χ0n) is 5.53. The molecule has 0 saturated heterocycles. The number of ketones is 1. The molecule has 0 heterocycles. The average molecular weight is 148 g/mol. The van der Waals surface area contributed by atoms with Crippen molar-refractivity contribution in [3.05, 3.63) is 0 Å². The molecule has 60 valence electrons. The van der Waals surface area contributed by atoms with E-state index in [0.29, 0.717) is 0 Å². The summed E-state index contributed by atoms with van der Waals surface area (Å²) in [6.07, 6.45) is -1.06. The number of rotatable bonds is 4. The predicted molar refractivity (Wildman–Crippen MR) is 35.1 cm³/mol. The number of Topliss-reactive ketones (excluding diaryl/α,β-unsaturated/α-hetero) is 1. The van der Waals surface area contributed by atoms with E-state index in [0.717, 1.165) is 0 Å². The van der Waals surface area contributed by atoms with Crippen LogP contribution in [0, 0.1) is 0 Å². The first-order valence-electron chi connectivity index (χ1n) is 2.90. The second-order valence-electron chi connectivity index (χ2n) is 1.95.